The van der Waals surface area contributed by atoms with Crippen LogP contribution in [0, 0.1) is 0 Å². The zero-order valence-electron chi connectivity index (χ0n) is 22.9. The van der Waals surface area contributed by atoms with Crippen molar-refractivity contribution in [1.29, 1.82) is 0 Å². The number of hydrogen-bond donors (Lipinski definition) is 2. The first-order valence-electron chi connectivity index (χ1n) is 14.1. The molecule has 1 aliphatic heterocycles. The number of benzene rings is 2. The predicted octanol–water partition coefficient (Wildman–Crippen LogP) is 5.86. The quantitative estimate of drug-likeness (QED) is 0.306. The molecule has 0 bridgehead atoms. The molecular formula is C31H37Cl2N5O2. The highest BCUT2D eigenvalue weighted by Crippen LogP contribution is 2.27. The molecular weight excluding hydrogens is 545 g/mol. The van der Waals surface area contributed by atoms with E-state index in [1.165, 1.54) is 5.56 Å². The van der Waals surface area contributed by atoms with Crippen molar-refractivity contribution in [3.05, 3.63) is 75.5 Å². The molecule has 40 heavy (non-hydrogen) atoms. The van der Waals surface area contributed by atoms with Gasteiger partial charge in [0.05, 0.1) is 17.6 Å². The fourth-order valence-electron chi connectivity index (χ4n) is 5.70. The summed E-state index contributed by atoms with van der Waals surface area (Å²) in [7, 11) is 2.13. The van der Waals surface area contributed by atoms with Crippen LogP contribution in [-0.4, -0.2) is 52.6 Å². The van der Waals surface area contributed by atoms with E-state index in [-0.39, 0.29) is 18.1 Å². The number of carbonyl (C=O) groups is 1. The summed E-state index contributed by atoms with van der Waals surface area (Å²) in [5.74, 6) is 0.325. The van der Waals surface area contributed by atoms with Gasteiger partial charge in [0.15, 0.2) is 0 Å². The molecule has 1 unspecified atom stereocenters. The highest BCUT2D eigenvalue weighted by molar-refractivity contribution is 6.36. The molecule has 3 aromatic rings. The monoisotopic (exact) mass is 581 g/mol. The van der Waals surface area contributed by atoms with Gasteiger partial charge in [-0.15, -0.1) is 0 Å². The maximum atomic E-state index is 12.7. The van der Waals surface area contributed by atoms with E-state index in [9.17, 15) is 4.79 Å². The van der Waals surface area contributed by atoms with Gasteiger partial charge in [0.25, 0.3) is 0 Å². The van der Waals surface area contributed by atoms with E-state index in [1.807, 2.05) is 18.2 Å². The van der Waals surface area contributed by atoms with Crippen molar-refractivity contribution >= 4 is 35.0 Å². The molecule has 2 heterocycles. The van der Waals surface area contributed by atoms with E-state index in [0.717, 1.165) is 74.1 Å². The zero-order chi connectivity index (χ0) is 28.1. The second-order valence-electron chi connectivity index (χ2n) is 10.9. The number of nitrogens with two attached hydrogens (primary N) is 1. The Bertz CT molecular complexity index is 1290. The number of anilines is 1. The van der Waals surface area contributed by atoms with Crippen LogP contribution in [-0.2, 0) is 28.9 Å². The van der Waals surface area contributed by atoms with Gasteiger partial charge in [-0.05, 0) is 88.2 Å². The van der Waals surface area contributed by atoms with Crippen molar-refractivity contribution in [1.82, 2.24) is 20.2 Å². The van der Waals surface area contributed by atoms with E-state index >= 15 is 0 Å². The smallest absolute Gasteiger partial charge is 0.323 e. The van der Waals surface area contributed by atoms with Crippen LogP contribution in [0.4, 0.5) is 5.82 Å². The number of nitrogen functional groups attached to an aromatic ring is 1. The van der Waals surface area contributed by atoms with Gasteiger partial charge in [0.1, 0.15) is 18.0 Å². The van der Waals surface area contributed by atoms with E-state index in [2.05, 4.69) is 46.5 Å². The van der Waals surface area contributed by atoms with Gasteiger partial charge in [-0.2, -0.15) is 0 Å². The van der Waals surface area contributed by atoms with Crippen LogP contribution in [0.25, 0.3) is 11.3 Å². The van der Waals surface area contributed by atoms with Crippen LogP contribution in [0.15, 0.2) is 48.7 Å². The molecule has 9 heteroatoms. The highest BCUT2D eigenvalue weighted by atomic mass is 35.5. The Morgan fingerprint density at radius 2 is 1.80 bits per heavy atom. The standard InChI is InChI=1S/C31H37Cl2N5O2/c1-38(22-15-16-35-28(17-22)31(39)40-23-5-2-3-6-23)19-20-9-11-21(12-10-20)29-18-36-30(34)27(37-29)14-13-24-25(32)7-4-8-26(24)33/h4,7-12,18,22-23,28,35H,2-3,5-6,13-17,19H2,1H3,(H2,34,36)/t22?,28-/m1/s1. The average Bonchev–Trinajstić information content (AvgIpc) is 3.47. The first-order valence-corrected chi connectivity index (χ1v) is 14.9. The Labute approximate surface area is 246 Å². The summed E-state index contributed by atoms with van der Waals surface area (Å²) >= 11 is 12.7. The minimum atomic E-state index is -0.226. The summed E-state index contributed by atoms with van der Waals surface area (Å²) in [6, 6.07) is 14.0. The Morgan fingerprint density at radius 3 is 2.52 bits per heavy atom. The van der Waals surface area contributed by atoms with Gasteiger partial charge in [0.2, 0.25) is 0 Å². The molecule has 1 aromatic heterocycles. The van der Waals surface area contributed by atoms with E-state index in [1.54, 1.807) is 6.20 Å². The largest absolute Gasteiger partial charge is 0.461 e. The number of piperidine rings is 1. The summed E-state index contributed by atoms with van der Waals surface area (Å²) < 4.78 is 5.77. The predicted molar refractivity (Wildman–Crippen MR) is 160 cm³/mol. The third-order valence-electron chi connectivity index (χ3n) is 8.10. The van der Waals surface area contributed by atoms with Crippen molar-refractivity contribution in [2.24, 2.45) is 0 Å². The van der Waals surface area contributed by atoms with Crippen molar-refractivity contribution < 1.29 is 9.53 Å². The van der Waals surface area contributed by atoms with Crippen LogP contribution >= 0.6 is 23.2 Å². The zero-order valence-corrected chi connectivity index (χ0v) is 24.4. The third-order valence-corrected chi connectivity index (χ3v) is 8.81. The van der Waals surface area contributed by atoms with E-state index in [4.69, 9.17) is 38.7 Å². The molecule has 1 saturated carbocycles. The molecule has 0 spiro atoms. The average molecular weight is 583 g/mol. The van der Waals surface area contributed by atoms with Crippen LogP contribution in [0.1, 0.15) is 55.3 Å². The first kappa shape index (κ1) is 28.8. The normalized spacial score (nSPS) is 19.7. The molecule has 212 valence electrons. The third kappa shape index (κ3) is 7.13. The van der Waals surface area contributed by atoms with Gasteiger partial charge in [-0.1, -0.05) is 53.5 Å². The lowest BCUT2D eigenvalue weighted by Crippen LogP contribution is -2.50. The first-order chi connectivity index (χ1) is 19.4. The lowest BCUT2D eigenvalue weighted by molar-refractivity contribution is -0.152. The number of esters is 1. The number of carbonyl (C=O) groups excluding carboxylic acids is 1. The van der Waals surface area contributed by atoms with Crippen molar-refractivity contribution in [2.75, 3.05) is 19.3 Å². The number of aromatic nitrogens is 2. The minimum Gasteiger partial charge on any atom is -0.461 e. The van der Waals surface area contributed by atoms with Crippen LogP contribution in [0.5, 0.6) is 0 Å². The van der Waals surface area contributed by atoms with E-state index in [0.29, 0.717) is 34.7 Å². The molecule has 2 aliphatic rings. The topological polar surface area (TPSA) is 93.4 Å². The fourth-order valence-corrected chi connectivity index (χ4v) is 6.29. The lowest BCUT2D eigenvalue weighted by atomic mass is 9.97. The van der Waals surface area contributed by atoms with Gasteiger partial charge in [0, 0.05) is 28.2 Å². The van der Waals surface area contributed by atoms with Crippen molar-refractivity contribution in [3.8, 4) is 11.3 Å². The molecule has 1 saturated heterocycles. The second kappa shape index (κ2) is 13.3. The highest BCUT2D eigenvalue weighted by Gasteiger charge is 2.32. The molecule has 2 atom stereocenters. The Hall–Kier alpha value is -2.71. The molecule has 0 amide bonds. The Kier molecular flexibility index (Phi) is 9.58. The number of halogens is 2. The van der Waals surface area contributed by atoms with Gasteiger partial charge < -0.3 is 15.8 Å². The number of hydrogen-bond acceptors (Lipinski definition) is 7. The van der Waals surface area contributed by atoms with Gasteiger partial charge in [-0.3, -0.25) is 9.69 Å². The maximum Gasteiger partial charge on any atom is 0.323 e. The summed E-state index contributed by atoms with van der Waals surface area (Å²) in [6.07, 6.45) is 9.12. The van der Waals surface area contributed by atoms with Gasteiger partial charge >= 0.3 is 5.97 Å². The SMILES string of the molecule is CN(Cc1ccc(-c2cnc(N)c(CCc3c(Cl)cccc3Cl)n2)cc1)C1CCN[C@@H](C(=O)OC2CCCC2)C1. The fraction of sp³-hybridized carbons (Fsp3) is 0.452. The summed E-state index contributed by atoms with van der Waals surface area (Å²) in [4.78, 5) is 24.2. The molecule has 5 rings (SSSR count). The summed E-state index contributed by atoms with van der Waals surface area (Å²) in [5.41, 5.74) is 10.7. The minimum absolute atomic E-state index is 0.0895. The van der Waals surface area contributed by atoms with Crippen LogP contribution < -0.4 is 11.1 Å². The van der Waals surface area contributed by atoms with Crippen molar-refractivity contribution in [2.45, 2.75) is 76.1 Å². The number of nitrogens with zero attached hydrogens (tertiary/aromatic N) is 3. The molecule has 3 N–H and O–H groups in total. The van der Waals surface area contributed by atoms with Crippen LogP contribution in [0.2, 0.25) is 10.0 Å². The molecule has 1 aliphatic carbocycles. The molecule has 0 radical (unpaired) electrons. The molecule has 2 aromatic carbocycles. The number of nitrogens with one attached hydrogen (secondary N) is 1. The number of ether oxygens (including phenoxy) is 1. The Morgan fingerprint density at radius 1 is 1.07 bits per heavy atom. The number of rotatable bonds is 9. The number of aryl methyl sites for hydroxylation is 1. The lowest BCUT2D eigenvalue weighted by Gasteiger charge is -2.35. The van der Waals surface area contributed by atoms with E-state index < -0.39 is 0 Å². The maximum absolute atomic E-state index is 12.7. The van der Waals surface area contributed by atoms with Crippen molar-refractivity contribution in [3.63, 3.8) is 0 Å². The second-order valence-corrected chi connectivity index (χ2v) is 11.7. The molecule has 2 fully saturated rings. The summed E-state index contributed by atoms with van der Waals surface area (Å²) in [6.45, 7) is 1.62. The molecule has 7 nitrogen and oxygen atoms in total. The Balaban J connectivity index is 1.18. The van der Waals surface area contributed by atoms with Crippen LogP contribution in [0.3, 0.4) is 0 Å². The summed E-state index contributed by atoms with van der Waals surface area (Å²) in [5, 5.41) is 4.64. The van der Waals surface area contributed by atoms with Gasteiger partial charge in [-0.25, -0.2) is 9.97 Å².